The molecule has 0 bridgehead atoms. The Balaban J connectivity index is 0.00000264. The first kappa shape index (κ1) is 19.5. The summed E-state index contributed by atoms with van der Waals surface area (Å²) < 4.78 is 2.14. The van der Waals surface area contributed by atoms with Crippen LogP contribution in [0.2, 0.25) is 0 Å². The molecule has 0 unspecified atom stereocenters. The van der Waals surface area contributed by atoms with Crippen molar-refractivity contribution >= 4 is 29.9 Å². The lowest BCUT2D eigenvalue weighted by Gasteiger charge is -2.10. The van der Waals surface area contributed by atoms with E-state index >= 15 is 0 Å². The van der Waals surface area contributed by atoms with E-state index in [-0.39, 0.29) is 24.0 Å². The monoisotopic (exact) mass is 427 g/mol. The van der Waals surface area contributed by atoms with Crippen LogP contribution in [0.1, 0.15) is 30.8 Å². The van der Waals surface area contributed by atoms with Crippen LogP contribution in [0.5, 0.6) is 0 Å². The number of rotatable bonds is 6. The van der Waals surface area contributed by atoms with Crippen molar-refractivity contribution in [3.63, 3.8) is 0 Å². The Labute approximate surface area is 155 Å². The van der Waals surface area contributed by atoms with Crippen molar-refractivity contribution in [2.45, 2.75) is 33.9 Å². The van der Waals surface area contributed by atoms with Crippen molar-refractivity contribution in [3.8, 4) is 0 Å². The van der Waals surface area contributed by atoms with E-state index in [9.17, 15) is 0 Å². The van der Waals surface area contributed by atoms with Crippen LogP contribution in [0.4, 0.5) is 0 Å². The van der Waals surface area contributed by atoms with Crippen LogP contribution in [-0.2, 0) is 13.1 Å². The molecule has 0 fully saturated rings. The van der Waals surface area contributed by atoms with E-state index in [1.54, 1.807) is 0 Å². The lowest BCUT2D eigenvalue weighted by Crippen LogP contribution is -2.36. The van der Waals surface area contributed by atoms with Crippen LogP contribution < -0.4 is 10.6 Å². The van der Waals surface area contributed by atoms with Gasteiger partial charge in [0.25, 0.3) is 0 Å². The fourth-order valence-corrected chi connectivity index (χ4v) is 2.27. The Hall–Kier alpha value is -1.57. The molecule has 0 saturated carbocycles. The molecule has 1 aromatic carbocycles. The van der Waals surface area contributed by atoms with Gasteiger partial charge in [-0.05, 0) is 31.9 Å². The van der Waals surface area contributed by atoms with Gasteiger partial charge in [0, 0.05) is 32.0 Å². The first-order chi connectivity index (χ1) is 10.7. The molecule has 1 aromatic heterocycles. The highest BCUT2D eigenvalue weighted by Crippen LogP contribution is 2.09. The lowest BCUT2D eigenvalue weighted by molar-refractivity contribution is 0.760. The number of hydrogen-bond acceptors (Lipinski definition) is 2. The van der Waals surface area contributed by atoms with Crippen molar-refractivity contribution < 1.29 is 0 Å². The number of aromatic nitrogens is 2. The predicted octanol–water partition coefficient (Wildman–Crippen LogP) is 2.93. The first-order valence-electron chi connectivity index (χ1n) is 7.80. The summed E-state index contributed by atoms with van der Waals surface area (Å²) in [5.74, 6) is 1.89. The van der Waals surface area contributed by atoms with Gasteiger partial charge in [0.2, 0.25) is 0 Å². The number of hydrogen-bond donors (Lipinski definition) is 2. The third kappa shape index (κ3) is 6.21. The predicted molar refractivity (Wildman–Crippen MR) is 106 cm³/mol. The van der Waals surface area contributed by atoms with Crippen molar-refractivity contribution in [2.75, 3.05) is 13.1 Å². The minimum atomic E-state index is 0. The number of aryl methyl sites for hydroxylation is 1. The van der Waals surface area contributed by atoms with Gasteiger partial charge < -0.3 is 15.2 Å². The SMILES string of the molecule is CCNC(=NCc1cccc(Cn2ccnc2C)c1)NCC.I. The maximum Gasteiger partial charge on any atom is 0.191 e. The Morgan fingerprint density at radius 3 is 2.48 bits per heavy atom. The Morgan fingerprint density at radius 2 is 1.87 bits per heavy atom. The van der Waals surface area contributed by atoms with Crippen molar-refractivity contribution in [1.82, 2.24) is 20.2 Å². The zero-order valence-electron chi connectivity index (χ0n) is 14.0. The largest absolute Gasteiger partial charge is 0.357 e. The van der Waals surface area contributed by atoms with Gasteiger partial charge in [0.1, 0.15) is 5.82 Å². The van der Waals surface area contributed by atoms with Gasteiger partial charge in [-0.15, -0.1) is 24.0 Å². The second kappa shape index (κ2) is 10.3. The summed E-state index contributed by atoms with van der Waals surface area (Å²) in [7, 11) is 0. The molecule has 2 aromatic rings. The molecule has 6 heteroatoms. The molecule has 1 heterocycles. The molecule has 0 aliphatic rings. The summed E-state index contributed by atoms with van der Waals surface area (Å²) >= 11 is 0. The maximum absolute atomic E-state index is 4.60. The summed E-state index contributed by atoms with van der Waals surface area (Å²) in [6, 6.07) is 8.55. The second-order valence-electron chi connectivity index (χ2n) is 5.15. The molecule has 23 heavy (non-hydrogen) atoms. The average molecular weight is 427 g/mol. The number of halogens is 1. The standard InChI is InChI=1S/C17H25N5.HI/c1-4-18-17(19-5-2)21-12-15-7-6-8-16(11-15)13-22-10-9-20-14(22)3;/h6-11H,4-5,12-13H2,1-3H3,(H2,18,19,21);1H. The van der Waals surface area contributed by atoms with E-state index in [4.69, 9.17) is 0 Å². The zero-order valence-corrected chi connectivity index (χ0v) is 16.4. The van der Waals surface area contributed by atoms with Crippen LogP contribution in [0, 0.1) is 6.92 Å². The van der Waals surface area contributed by atoms with Gasteiger partial charge >= 0.3 is 0 Å². The van der Waals surface area contributed by atoms with Crippen molar-refractivity contribution in [1.29, 1.82) is 0 Å². The molecule has 0 aliphatic heterocycles. The molecule has 0 spiro atoms. The number of nitrogens with one attached hydrogen (secondary N) is 2. The molecule has 0 radical (unpaired) electrons. The van der Waals surface area contributed by atoms with Crippen LogP contribution in [-0.4, -0.2) is 28.6 Å². The highest BCUT2D eigenvalue weighted by atomic mass is 127. The third-order valence-electron chi connectivity index (χ3n) is 3.38. The van der Waals surface area contributed by atoms with Crippen molar-refractivity contribution in [2.24, 2.45) is 4.99 Å². The van der Waals surface area contributed by atoms with E-state index in [1.165, 1.54) is 11.1 Å². The Kier molecular flexibility index (Phi) is 8.68. The molecule has 0 aliphatic carbocycles. The number of guanidine groups is 1. The molecular formula is C17H26IN5. The normalized spacial score (nSPS) is 9.87. The number of imidazole rings is 1. The smallest absolute Gasteiger partial charge is 0.191 e. The van der Waals surface area contributed by atoms with Gasteiger partial charge in [-0.2, -0.15) is 0 Å². The van der Waals surface area contributed by atoms with Gasteiger partial charge in [0.05, 0.1) is 6.54 Å². The number of benzene rings is 1. The van der Waals surface area contributed by atoms with Gasteiger partial charge in [-0.25, -0.2) is 9.98 Å². The summed E-state index contributed by atoms with van der Waals surface area (Å²) in [6.45, 7) is 9.41. The van der Waals surface area contributed by atoms with Gasteiger partial charge in [0.15, 0.2) is 5.96 Å². The van der Waals surface area contributed by atoms with E-state index < -0.39 is 0 Å². The summed E-state index contributed by atoms with van der Waals surface area (Å²) in [5.41, 5.74) is 2.48. The van der Waals surface area contributed by atoms with E-state index in [0.29, 0.717) is 6.54 Å². The molecule has 0 amide bonds. The summed E-state index contributed by atoms with van der Waals surface area (Å²) in [5, 5.41) is 6.48. The average Bonchev–Trinajstić information content (AvgIpc) is 2.91. The van der Waals surface area contributed by atoms with Crippen LogP contribution in [0.15, 0.2) is 41.7 Å². The van der Waals surface area contributed by atoms with Crippen LogP contribution in [0.25, 0.3) is 0 Å². The van der Waals surface area contributed by atoms with E-state index in [1.807, 2.05) is 19.3 Å². The fraction of sp³-hybridized carbons (Fsp3) is 0.412. The highest BCUT2D eigenvalue weighted by molar-refractivity contribution is 14.0. The minimum Gasteiger partial charge on any atom is -0.357 e. The lowest BCUT2D eigenvalue weighted by atomic mass is 10.1. The summed E-state index contributed by atoms with van der Waals surface area (Å²) in [6.07, 6.45) is 3.84. The Morgan fingerprint density at radius 1 is 1.17 bits per heavy atom. The quantitative estimate of drug-likeness (QED) is 0.424. The summed E-state index contributed by atoms with van der Waals surface area (Å²) in [4.78, 5) is 8.86. The maximum atomic E-state index is 4.60. The van der Waals surface area contributed by atoms with Crippen molar-refractivity contribution in [3.05, 3.63) is 53.6 Å². The molecule has 0 saturated heterocycles. The van der Waals surface area contributed by atoms with Crippen LogP contribution >= 0.6 is 24.0 Å². The minimum absolute atomic E-state index is 0. The second-order valence-corrected chi connectivity index (χ2v) is 5.15. The highest BCUT2D eigenvalue weighted by Gasteiger charge is 2.01. The topological polar surface area (TPSA) is 54.2 Å². The number of aliphatic imine (C=N–C) groups is 1. The van der Waals surface area contributed by atoms with Crippen LogP contribution in [0.3, 0.4) is 0 Å². The molecule has 2 rings (SSSR count). The van der Waals surface area contributed by atoms with E-state index in [2.05, 4.69) is 63.3 Å². The fourth-order valence-electron chi connectivity index (χ4n) is 2.27. The molecule has 126 valence electrons. The first-order valence-corrected chi connectivity index (χ1v) is 7.80. The van der Waals surface area contributed by atoms with Gasteiger partial charge in [-0.1, -0.05) is 24.3 Å². The van der Waals surface area contributed by atoms with E-state index in [0.717, 1.165) is 31.4 Å². The molecular weight excluding hydrogens is 401 g/mol. The number of nitrogens with zero attached hydrogens (tertiary/aromatic N) is 3. The molecule has 0 atom stereocenters. The molecule has 5 nitrogen and oxygen atoms in total. The van der Waals surface area contributed by atoms with Gasteiger partial charge in [-0.3, -0.25) is 0 Å². The molecule has 2 N–H and O–H groups in total. The Bertz CT molecular complexity index is 613. The zero-order chi connectivity index (χ0) is 15.8. The third-order valence-corrected chi connectivity index (χ3v) is 3.38.